The molecule has 4 bridgehead atoms. The Labute approximate surface area is 176 Å². The molecule has 0 aromatic heterocycles. The molecule has 160 valence electrons. The van der Waals surface area contributed by atoms with Crippen LogP contribution in [0.25, 0.3) is 0 Å². The molecule has 2 nitrogen and oxygen atoms in total. The predicted octanol–water partition coefficient (Wildman–Crippen LogP) is 6.41. The average molecular weight is 397 g/mol. The number of hydrogen-bond acceptors (Lipinski definition) is 1. The van der Waals surface area contributed by atoms with Gasteiger partial charge in [-0.3, -0.25) is 4.79 Å². The molecule has 0 aromatic carbocycles. The van der Waals surface area contributed by atoms with Crippen LogP contribution in [0.1, 0.15) is 79.1 Å². The fourth-order valence-electron chi connectivity index (χ4n) is 11.1. The van der Waals surface area contributed by atoms with Crippen molar-refractivity contribution in [1.82, 2.24) is 0 Å². The van der Waals surface area contributed by atoms with E-state index >= 15 is 0 Å². The van der Waals surface area contributed by atoms with Gasteiger partial charge in [0.2, 0.25) is 0 Å². The molecule has 11 atom stereocenters. The van der Waals surface area contributed by atoms with E-state index < -0.39 is 5.97 Å². The predicted molar refractivity (Wildman–Crippen MR) is 115 cm³/mol. The molecular formula is C27H40O2. The summed E-state index contributed by atoms with van der Waals surface area (Å²) >= 11 is 0. The van der Waals surface area contributed by atoms with Crippen molar-refractivity contribution in [2.75, 3.05) is 0 Å². The van der Waals surface area contributed by atoms with Crippen molar-refractivity contribution in [1.29, 1.82) is 0 Å². The molecule has 2 heteroatoms. The van der Waals surface area contributed by atoms with Crippen LogP contribution in [0.3, 0.4) is 0 Å². The minimum Gasteiger partial charge on any atom is -0.481 e. The Bertz CT molecular complexity index is 766. The highest BCUT2D eigenvalue weighted by atomic mass is 16.4. The highest BCUT2D eigenvalue weighted by molar-refractivity contribution is 5.71. The monoisotopic (exact) mass is 396 g/mol. The van der Waals surface area contributed by atoms with Crippen molar-refractivity contribution in [3.05, 3.63) is 11.6 Å². The first-order chi connectivity index (χ1) is 13.8. The number of fused-ring (bicyclic) bond motifs is 3. The summed E-state index contributed by atoms with van der Waals surface area (Å²) in [5, 5.41) is 9.91. The van der Waals surface area contributed by atoms with E-state index in [4.69, 9.17) is 0 Å². The molecule has 11 unspecified atom stereocenters. The first-order valence-electron chi connectivity index (χ1n) is 12.7. The summed E-state index contributed by atoms with van der Waals surface area (Å²) in [5.41, 5.74) is 2.64. The lowest BCUT2D eigenvalue weighted by molar-refractivity contribution is -0.182. The fraction of sp³-hybridized carbons (Fsp3) is 0.889. The van der Waals surface area contributed by atoms with Gasteiger partial charge < -0.3 is 5.11 Å². The molecule has 0 aromatic rings. The summed E-state index contributed by atoms with van der Waals surface area (Å²) in [7, 11) is 0. The number of aliphatic carboxylic acids is 1. The molecule has 7 rings (SSSR count). The number of allylic oxidation sites excluding steroid dienone is 2. The average Bonchev–Trinajstić information content (AvgIpc) is 3.28. The molecular weight excluding hydrogens is 356 g/mol. The van der Waals surface area contributed by atoms with Gasteiger partial charge in [-0.15, -0.1) is 0 Å². The molecule has 0 radical (unpaired) electrons. The SMILES string of the molecule is CC(C)C1=CC23CCC4C(C)CCCC4(C)C2CC1C1C2CC(CC2C(=O)O)C13. The van der Waals surface area contributed by atoms with Gasteiger partial charge in [0.15, 0.2) is 0 Å². The molecule has 7 aliphatic rings. The van der Waals surface area contributed by atoms with E-state index in [0.717, 1.165) is 30.1 Å². The number of carboxylic acids is 1. The van der Waals surface area contributed by atoms with Gasteiger partial charge in [-0.2, -0.15) is 0 Å². The van der Waals surface area contributed by atoms with Crippen LogP contribution in [0.15, 0.2) is 11.6 Å². The summed E-state index contributed by atoms with van der Waals surface area (Å²) in [4.78, 5) is 12.0. The summed E-state index contributed by atoms with van der Waals surface area (Å²) in [6.45, 7) is 10.0. The molecule has 7 aliphatic carbocycles. The Balaban J connectivity index is 1.47. The van der Waals surface area contributed by atoms with Gasteiger partial charge in [-0.05, 0) is 103 Å². The van der Waals surface area contributed by atoms with Crippen LogP contribution in [-0.2, 0) is 4.79 Å². The quantitative estimate of drug-likeness (QED) is 0.547. The van der Waals surface area contributed by atoms with Crippen LogP contribution in [0.4, 0.5) is 0 Å². The van der Waals surface area contributed by atoms with E-state index in [9.17, 15) is 9.90 Å². The molecule has 1 spiro atoms. The van der Waals surface area contributed by atoms with Crippen molar-refractivity contribution in [2.24, 2.45) is 70.0 Å². The topological polar surface area (TPSA) is 37.3 Å². The molecule has 1 N–H and O–H groups in total. The zero-order valence-electron chi connectivity index (χ0n) is 18.9. The second-order valence-electron chi connectivity index (χ2n) is 12.8. The summed E-state index contributed by atoms with van der Waals surface area (Å²) in [5.74, 6) is 6.04. The summed E-state index contributed by atoms with van der Waals surface area (Å²) in [6.07, 6.45) is 13.5. The van der Waals surface area contributed by atoms with Crippen molar-refractivity contribution in [3.63, 3.8) is 0 Å². The van der Waals surface area contributed by atoms with Crippen LogP contribution in [0.2, 0.25) is 0 Å². The third-order valence-electron chi connectivity index (χ3n) is 11.7. The number of rotatable bonds is 2. The molecule has 0 heterocycles. The van der Waals surface area contributed by atoms with E-state index in [1.54, 1.807) is 5.57 Å². The van der Waals surface area contributed by atoms with E-state index in [0.29, 0.717) is 40.4 Å². The highest BCUT2D eigenvalue weighted by Gasteiger charge is 2.72. The van der Waals surface area contributed by atoms with Gasteiger partial charge in [0.1, 0.15) is 0 Å². The van der Waals surface area contributed by atoms with Crippen LogP contribution < -0.4 is 0 Å². The minimum atomic E-state index is -0.502. The maximum absolute atomic E-state index is 12.0. The lowest BCUT2D eigenvalue weighted by Crippen LogP contribution is -2.63. The second-order valence-corrected chi connectivity index (χ2v) is 12.8. The lowest BCUT2D eigenvalue weighted by atomic mass is 9.34. The number of carboxylic acid groups (broad SMARTS) is 1. The maximum Gasteiger partial charge on any atom is 0.306 e. The minimum absolute atomic E-state index is 0.0505. The summed E-state index contributed by atoms with van der Waals surface area (Å²) in [6, 6.07) is 0. The first kappa shape index (κ1) is 18.9. The van der Waals surface area contributed by atoms with E-state index in [-0.39, 0.29) is 5.92 Å². The van der Waals surface area contributed by atoms with Crippen LogP contribution >= 0.6 is 0 Å². The zero-order valence-corrected chi connectivity index (χ0v) is 18.9. The van der Waals surface area contributed by atoms with Gasteiger partial charge in [0, 0.05) is 0 Å². The van der Waals surface area contributed by atoms with Crippen molar-refractivity contribution in [2.45, 2.75) is 79.1 Å². The number of hydrogen-bond donors (Lipinski definition) is 1. The first-order valence-corrected chi connectivity index (χ1v) is 12.7. The normalized spacial score (nSPS) is 57.3. The molecule has 0 amide bonds. The highest BCUT2D eigenvalue weighted by Crippen LogP contribution is 2.78. The largest absolute Gasteiger partial charge is 0.481 e. The van der Waals surface area contributed by atoms with E-state index in [2.05, 4.69) is 33.8 Å². The van der Waals surface area contributed by atoms with Crippen LogP contribution in [0.5, 0.6) is 0 Å². The Morgan fingerprint density at radius 3 is 2.69 bits per heavy atom. The standard InChI is InChI=1S/C27H40O2/c1-14(2)20-13-27-9-7-21-15(3)6-5-8-26(21,4)22(27)12-18(20)23-17-10-16(24(23)27)11-19(17)25(28)29/h13-19,21-24H,5-12H2,1-4H3,(H,28,29). The third-order valence-corrected chi connectivity index (χ3v) is 11.7. The van der Waals surface area contributed by atoms with Gasteiger partial charge in [-0.1, -0.05) is 52.2 Å². The maximum atomic E-state index is 12.0. The Morgan fingerprint density at radius 1 is 1.17 bits per heavy atom. The third kappa shape index (κ3) is 2.17. The van der Waals surface area contributed by atoms with E-state index in [1.165, 1.54) is 44.9 Å². The zero-order chi connectivity index (χ0) is 20.3. The molecule has 0 saturated heterocycles. The molecule has 5 fully saturated rings. The Kier molecular flexibility index (Phi) is 3.86. The Morgan fingerprint density at radius 2 is 1.97 bits per heavy atom. The molecule has 0 aliphatic heterocycles. The molecule has 5 saturated carbocycles. The van der Waals surface area contributed by atoms with Gasteiger partial charge in [0.05, 0.1) is 5.92 Å². The van der Waals surface area contributed by atoms with E-state index in [1.807, 2.05) is 0 Å². The number of carbonyl (C=O) groups is 1. The van der Waals surface area contributed by atoms with Crippen molar-refractivity contribution >= 4 is 5.97 Å². The Hall–Kier alpha value is -0.790. The van der Waals surface area contributed by atoms with Gasteiger partial charge >= 0.3 is 5.97 Å². The molecule has 29 heavy (non-hydrogen) atoms. The van der Waals surface area contributed by atoms with Crippen molar-refractivity contribution < 1.29 is 9.90 Å². The second kappa shape index (κ2) is 5.92. The lowest BCUT2D eigenvalue weighted by Gasteiger charge is -2.70. The van der Waals surface area contributed by atoms with Gasteiger partial charge in [-0.25, -0.2) is 0 Å². The summed E-state index contributed by atoms with van der Waals surface area (Å²) < 4.78 is 0. The van der Waals surface area contributed by atoms with Crippen LogP contribution in [0, 0.1) is 70.0 Å². The smallest absolute Gasteiger partial charge is 0.306 e. The van der Waals surface area contributed by atoms with Gasteiger partial charge in [0.25, 0.3) is 0 Å². The fourth-order valence-corrected chi connectivity index (χ4v) is 11.1. The van der Waals surface area contributed by atoms with Crippen LogP contribution in [-0.4, -0.2) is 11.1 Å². The van der Waals surface area contributed by atoms with Crippen molar-refractivity contribution in [3.8, 4) is 0 Å².